The molecule has 0 saturated carbocycles. The number of benzene rings is 1. The molecule has 1 aliphatic heterocycles. The Kier molecular flexibility index (Phi) is 4.80. The van der Waals surface area contributed by atoms with Crippen molar-refractivity contribution in [3.63, 3.8) is 0 Å². The first-order valence-corrected chi connectivity index (χ1v) is 8.18. The third kappa shape index (κ3) is 4.04. The van der Waals surface area contributed by atoms with E-state index in [9.17, 15) is 4.79 Å². The molecular weight excluding hydrogens is 316 g/mol. The highest BCUT2D eigenvalue weighted by Gasteiger charge is 2.20. The Morgan fingerprint density at radius 1 is 1.16 bits per heavy atom. The number of rotatable bonds is 3. The first-order chi connectivity index (χ1) is 12.0. The van der Waals surface area contributed by atoms with Crippen LogP contribution in [0.2, 0.25) is 0 Å². The summed E-state index contributed by atoms with van der Waals surface area (Å²) < 4.78 is 0. The summed E-state index contributed by atoms with van der Waals surface area (Å²) in [6.07, 6.45) is 0. The fraction of sp³-hybridized carbons (Fsp3) is 0.333. The van der Waals surface area contributed by atoms with Gasteiger partial charge in [-0.2, -0.15) is 5.26 Å². The van der Waals surface area contributed by atoms with Crippen LogP contribution in [0.5, 0.6) is 0 Å². The van der Waals surface area contributed by atoms with Crippen molar-refractivity contribution in [1.82, 2.24) is 14.9 Å². The van der Waals surface area contributed by atoms with Gasteiger partial charge in [-0.05, 0) is 31.2 Å². The molecule has 1 aromatic heterocycles. The first kappa shape index (κ1) is 16.7. The van der Waals surface area contributed by atoms with Crippen molar-refractivity contribution in [2.75, 3.05) is 36.4 Å². The number of nitrogens with one attached hydrogen (secondary N) is 1. The lowest BCUT2D eigenvalue weighted by Crippen LogP contribution is -2.48. The predicted octanol–water partition coefficient (Wildman–Crippen LogP) is 2.07. The number of carbonyl (C=O) groups is 1. The number of nitrogens with zero attached hydrogens (tertiary/aromatic N) is 5. The van der Waals surface area contributed by atoms with E-state index in [0.717, 1.165) is 24.6 Å². The van der Waals surface area contributed by atoms with Gasteiger partial charge in [0.15, 0.2) is 0 Å². The van der Waals surface area contributed by atoms with Crippen molar-refractivity contribution >= 4 is 23.2 Å². The summed E-state index contributed by atoms with van der Waals surface area (Å²) in [6.45, 7) is 6.38. The van der Waals surface area contributed by atoms with Crippen molar-refractivity contribution < 1.29 is 4.79 Å². The Balaban J connectivity index is 1.74. The number of piperazine rings is 1. The van der Waals surface area contributed by atoms with E-state index in [1.54, 1.807) is 19.1 Å². The van der Waals surface area contributed by atoms with Crippen molar-refractivity contribution in [2.45, 2.75) is 13.8 Å². The van der Waals surface area contributed by atoms with E-state index in [4.69, 9.17) is 5.26 Å². The zero-order valence-corrected chi connectivity index (χ0v) is 14.4. The van der Waals surface area contributed by atoms with Gasteiger partial charge in [0.25, 0.3) is 0 Å². The number of anilines is 3. The maximum Gasteiger partial charge on any atom is 0.219 e. The molecule has 0 unspecified atom stereocenters. The zero-order valence-electron chi connectivity index (χ0n) is 14.4. The van der Waals surface area contributed by atoms with Crippen LogP contribution in [0.4, 0.5) is 17.3 Å². The Morgan fingerprint density at radius 2 is 1.84 bits per heavy atom. The van der Waals surface area contributed by atoms with Crippen molar-refractivity contribution in [3.8, 4) is 6.07 Å². The molecule has 0 aliphatic carbocycles. The van der Waals surface area contributed by atoms with E-state index in [1.165, 1.54) is 0 Å². The highest BCUT2D eigenvalue weighted by molar-refractivity contribution is 5.73. The maximum absolute atomic E-state index is 11.5. The van der Waals surface area contributed by atoms with Gasteiger partial charge in [-0.25, -0.2) is 9.97 Å². The average molecular weight is 336 g/mol. The van der Waals surface area contributed by atoms with Gasteiger partial charge in [-0.1, -0.05) is 0 Å². The summed E-state index contributed by atoms with van der Waals surface area (Å²) in [5.41, 5.74) is 1.48. The van der Waals surface area contributed by atoms with Gasteiger partial charge in [0.1, 0.15) is 17.5 Å². The van der Waals surface area contributed by atoms with Crippen molar-refractivity contribution in [3.05, 3.63) is 41.7 Å². The Labute approximate surface area is 146 Å². The molecule has 7 heteroatoms. The van der Waals surface area contributed by atoms with Gasteiger partial charge in [-0.15, -0.1) is 0 Å². The highest BCUT2D eigenvalue weighted by atomic mass is 16.2. The van der Waals surface area contributed by atoms with E-state index in [-0.39, 0.29) is 5.91 Å². The van der Waals surface area contributed by atoms with E-state index in [0.29, 0.717) is 30.3 Å². The summed E-state index contributed by atoms with van der Waals surface area (Å²) in [5, 5.41) is 12.1. The van der Waals surface area contributed by atoms with Gasteiger partial charge < -0.3 is 15.1 Å². The summed E-state index contributed by atoms with van der Waals surface area (Å²) in [6, 6.07) is 11.2. The summed E-state index contributed by atoms with van der Waals surface area (Å²) >= 11 is 0. The second-order valence-electron chi connectivity index (χ2n) is 5.97. The van der Waals surface area contributed by atoms with Crippen LogP contribution in [0.15, 0.2) is 30.3 Å². The number of carbonyl (C=O) groups excluding carboxylic acids is 1. The molecule has 7 nitrogen and oxygen atoms in total. The Hall–Kier alpha value is -3.14. The lowest BCUT2D eigenvalue weighted by molar-refractivity contribution is -0.129. The summed E-state index contributed by atoms with van der Waals surface area (Å²) in [7, 11) is 0. The topological polar surface area (TPSA) is 85.2 Å². The molecule has 25 heavy (non-hydrogen) atoms. The fourth-order valence-electron chi connectivity index (χ4n) is 2.80. The van der Waals surface area contributed by atoms with Gasteiger partial charge in [-0.3, -0.25) is 4.79 Å². The normalized spacial score (nSPS) is 14.1. The number of amides is 1. The molecule has 0 spiro atoms. The molecular formula is C18H20N6O. The minimum atomic E-state index is 0.113. The molecule has 0 atom stereocenters. The molecule has 1 aliphatic rings. The summed E-state index contributed by atoms with van der Waals surface area (Å²) in [4.78, 5) is 24.4. The fourth-order valence-corrected chi connectivity index (χ4v) is 2.80. The van der Waals surface area contributed by atoms with Crippen LogP contribution < -0.4 is 10.2 Å². The third-order valence-electron chi connectivity index (χ3n) is 4.16. The van der Waals surface area contributed by atoms with Crippen LogP contribution in [0.1, 0.15) is 18.3 Å². The quantitative estimate of drug-likeness (QED) is 0.923. The van der Waals surface area contributed by atoms with Gasteiger partial charge in [0, 0.05) is 44.9 Å². The molecule has 3 rings (SSSR count). The second-order valence-corrected chi connectivity index (χ2v) is 5.97. The number of aromatic nitrogens is 2. The molecule has 1 fully saturated rings. The zero-order chi connectivity index (χ0) is 17.8. The number of hydrogen-bond acceptors (Lipinski definition) is 6. The third-order valence-corrected chi connectivity index (χ3v) is 4.16. The van der Waals surface area contributed by atoms with E-state index >= 15 is 0 Å². The first-order valence-electron chi connectivity index (χ1n) is 8.18. The molecule has 0 bridgehead atoms. The van der Waals surface area contributed by atoms with Gasteiger partial charge in [0.05, 0.1) is 11.6 Å². The van der Waals surface area contributed by atoms with Crippen molar-refractivity contribution in [2.24, 2.45) is 0 Å². The maximum atomic E-state index is 11.5. The minimum absolute atomic E-state index is 0.113. The summed E-state index contributed by atoms with van der Waals surface area (Å²) in [5.74, 6) is 2.36. The van der Waals surface area contributed by atoms with Crippen molar-refractivity contribution in [1.29, 1.82) is 5.26 Å². The van der Waals surface area contributed by atoms with E-state index in [2.05, 4.69) is 26.3 Å². The van der Waals surface area contributed by atoms with Crippen LogP contribution in [-0.2, 0) is 4.79 Å². The standard InChI is InChI=1S/C18H20N6O/c1-13-20-17(22-16-5-3-15(12-19)4-6-16)11-18(21-13)24-9-7-23(8-10-24)14(2)25/h3-6,11H,7-10H2,1-2H3,(H,20,21,22). The van der Waals surface area contributed by atoms with Crippen LogP contribution >= 0.6 is 0 Å². The smallest absolute Gasteiger partial charge is 0.219 e. The van der Waals surface area contributed by atoms with E-state index in [1.807, 2.05) is 30.0 Å². The molecule has 1 saturated heterocycles. The lowest BCUT2D eigenvalue weighted by Gasteiger charge is -2.35. The Morgan fingerprint density at radius 3 is 2.44 bits per heavy atom. The number of hydrogen-bond donors (Lipinski definition) is 1. The minimum Gasteiger partial charge on any atom is -0.353 e. The van der Waals surface area contributed by atoms with Crippen LogP contribution in [0.25, 0.3) is 0 Å². The molecule has 128 valence electrons. The number of aryl methyl sites for hydroxylation is 1. The predicted molar refractivity (Wildman–Crippen MR) is 95.7 cm³/mol. The number of nitriles is 1. The van der Waals surface area contributed by atoms with Crippen LogP contribution in [0.3, 0.4) is 0 Å². The largest absolute Gasteiger partial charge is 0.353 e. The van der Waals surface area contributed by atoms with Gasteiger partial charge >= 0.3 is 0 Å². The SMILES string of the molecule is CC(=O)N1CCN(c2cc(Nc3ccc(C#N)cc3)nc(C)n2)CC1. The molecule has 2 aromatic rings. The lowest BCUT2D eigenvalue weighted by atomic mass is 10.2. The molecule has 0 radical (unpaired) electrons. The molecule has 1 amide bonds. The molecule has 2 heterocycles. The second kappa shape index (κ2) is 7.18. The monoisotopic (exact) mass is 336 g/mol. The molecule has 1 aromatic carbocycles. The van der Waals surface area contributed by atoms with E-state index < -0.39 is 0 Å². The van der Waals surface area contributed by atoms with Crippen LogP contribution in [-0.4, -0.2) is 47.0 Å². The van der Waals surface area contributed by atoms with Gasteiger partial charge in [0.2, 0.25) is 5.91 Å². The van der Waals surface area contributed by atoms with Crippen LogP contribution in [0, 0.1) is 18.3 Å². The Bertz CT molecular complexity index is 803. The average Bonchev–Trinajstić information content (AvgIpc) is 2.62. The highest BCUT2D eigenvalue weighted by Crippen LogP contribution is 2.21. The molecule has 1 N–H and O–H groups in total.